The standard InChI is InChI=1S/C27H31N3O4S/c1-4-18-28-27(32)23-11-7-8-12-24(23)29-26(31)19-30(25-13-9-6-10-21(25)5-2)35(33,34)22-16-14-20(3)15-17-22/h6-17H,4-5,18-19H2,1-3H3,(H,28,32)(H,29,31). The van der Waals surface area contributed by atoms with Gasteiger partial charge in [-0.25, -0.2) is 8.42 Å². The number of nitrogens with one attached hydrogen (secondary N) is 2. The lowest BCUT2D eigenvalue weighted by atomic mass is 10.1. The van der Waals surface area contributed by atoms with Crippen LogP contribution in [0.3, 0.4) is 0 Å². The lowest BCUT2D eigenvalue weighted by molar-refractivity contribution is -0.114. The summed E-state index contributed by atoms with van der Waals surface area (Å²) in [6.07, 6.45) is 1.38. The van der Waals surface area contributed by atoms with E-state index in [0.717, 1.165) is 21.9 Å². The second kappa shape index (κ2) is 11.7. The average molecular weight is 494 g/mol. The van der Waals surface area contributed by atoms with E-state index in [-0.39, 0.29) is 10.8 Å². The van der Waals surface area contributed by atoms with Crippen LogP contribution >= 0.6 is 0 Å². The fourth-order valence-electron chi connectivity index (χ4n) is 3.63. The van der Waals surface area contributed by atoms with Gasteiger partial charge in [-0.05, 0) is 55.7 Å². The molecule has 0 saturated carbocycles. The van der Waals surface area contributed by atoms with E-state index in [0.29, 0.717) is 29.9 Å². The molecule has 35 heavy (non-hydrogen) atoms. The van der Waals surface area contributed by atoms with Crippen LogP contribution in [0.2, 0.25) is 0 Å². The van der Waals surface area contributed by atoms with Crippen LogP contribution in [0.4, 0.5) is 11.4 Å². The molecule has 0 spiro atoms. The monoisotopic (exact) mass is 493 g/mol. The topological polar surface area (TPSA) is 95.6 Å². The molecule has 0 atom stereocenters. The van der Waals surface area contributed by atoms with E-state index in [1.54, 1.807) is 48.5 Å². The molecule has 0 bridgehead atoms. The maximum absolute atomic E-state index is 13.7. The van der Waals surface area contributed by atoms with Gasteiger partial charge in [0.2, 0.25) is 5.91 Å². The van der Waals surface area contributed by atoms with Crippen molar-refractivity contribution in [1.29, 1.82) is 0 Å². The fourth-order valence-corrected chi connectivity index (χ4v) is 5.09. The Bertz CT molecular complexity index is 1290. The number of nitrogens with zero attached hydrogens (tertiary/aromatic N) is 1. The lowest BCUT2D eigenvalue weighted by Crippen LogP contribution is -2.39. The van der Waals surface area contributed by atoms with E-state index in [2.05, 4.69) is 10.6 Å². The van der Waals surface area contributed by atoms with E-state index in [4.69, 9.17) is 0 Å². The number of rotatable bonds is 10. The van der Waals surface area contributed by atoms with Gasteiger partial charge in [-0.3, -0.25) is 13.9 Å². The summed E-state index contributed by atoms with van der Waals surface area (Å²) >= 11 is 0. The van der Waals surface area contributed by atoms with E-state index in [9.17, 15) is 18.0 Å². The number of para-hydroxylation sites is 2. The number of anilines is 2. The molecule has 0 aliphatic carbocycles. The normalized spacial score (nSPS) is 11.1. The summed E-state index contributed by atoms with van der Waals surface area (Å²) in [7, 11) is -4.04. The molecule has 7 nitrogen and oxygen atoms in total. The second-order valence-electron chi connectivity index (χ2n) is 8.16. The third-order valence-electron chi connectivity index (χ3n) is 5.52. The van der Waals surface area contributed by atoms with Crippen molar-refractivity contribution in [1.82, 2.24) is 5.32 Å². The third kappa shape index (κ3) is 6.27. The molecule has 0 fully saturated rings. The minimum absolute atomic E-state index is 0.0983. The molecular weight excluding hydrogens is 462 g/mol. The van der Waals surface area contributed by atoms with Gasteiger partial charge in [-0.15, -0.1) is 0 Å². The number of carbonyl (C=O) groups is 2. The smallest absolute Gasteiger partial charge is 0.264 e. The molecule has 3 aromatic rings. The average Bonchev–Trinajstić information content (AvgIpc) is 2.86. The summed E-state index contributed by atoms with van der Waals surface area (Å²) in [5.74, 6) is -0.856. The van der Waals surface area contributed by atoms with Gasteiger partial charge in [0.15, 0.2) is 0 Å². The van der Waals surface area contributed by atoms with Crippen molar-refractivity contribution in [2.45, 2.75) is 38.5 Å². The molecule has 184 valence electrons. The number of sulfonamides is 1. The summed E-state index contributed by atoms with van der Waals surface area (Å²) in [5.41, 5.74) is 2.81. The number of amides is 2. The Morgan fingerprint density at radius 1 is 0.886 bits per heavy atom. The van der Waals surface area contributed by atoms with Crippen LogP contribution in [-0.4, -0.2) is 33.3 Å². The molecule has 0 unspecified atom stereocenters. The molecule has 2 N–H and O–H groups in total. The van der Waals surface area contributed by atoms with Gasteiger partial charge < -0.3 is 10.6 Å². The van der Waals surface area contributed by atoms with Crippen molar-refractivity contribution in [2.75, 3.05) is 22.7 Å². The number of hydrogen-bond acceptors (Lipinski definition) is 4. The first kappa shape index (κ1) is 26.0. The van der Waals surface area contributed by atoms with Gasteiger partial charge in [0, 0.05) is 6.54 Å². The second-order valence-corrected chi connectivity index (χ2v) is 10.0. The molecule has 0 aliphatic heterocycles. The predicted molar refractivity (Wildman–Crippen MR) is 139 cm³/mol. The summed E-state index contributed by atoms with van der Waals surface area (Å²) < 4.78 is 28.5. The van der Waals surface area contributed by atoms with Crippen LogP contribution in [0, 0.1) is 6.92 Å². The van der Waals surface area contributed by atoms with Crippen molar-refractivity contribution in [2.24, 2.45) is 0 Å². The molecule has 0 aliphatic rings. The van der Waals surface area contributed by atoms with Gasteiger partial charge in [-0.2, -0.15) is 0 Å². The lowest BCUT2D eigenvalue weighted by Gasteiger charge is -2.26. The summed E-state index contributed by atoms with van der Waals surface area (Å²) in [6, 6.07) is 20.3. The third-order valence-corrected chi connectivity index (χ3v) is 7.29. The van der Waals surface area contributed by atoms with Crippen molar-refractivity contribution in [3.63, 3.8) is 0 Å². The quantitative estimate of drug-likeness (QED) is 0.434. The zero-order chi connectivity index (χ0) is 25.4. The zero-order valence-electron chi connectivity index (χ0n) is 20.2. The highest BCUT2D eigenvalue weighted by Gasteiger charge is 2.29. The minimum Gasteiger partial charge on any atom is -0.352 e. The highest BCUT2D eigenvalue weighted by atomic mass is 32.2. The molecule has 8 heteroatoms. The van der Waals surface area contributed by atoms with Crippen molar-refractivity contribution in [3.05, 3.63) is 89.5 Å². The molecule has 3 aromatic carbocycles. The first-order chi connectivity index (χ1) is 16.8. The summed E-state index contributed by atoms with van der Waals surface area (Å²) in [4.78, 5) is 25.8. The summed E-state index contributed by atoms with van der Waals surface area (Å²) in [5, 5.41) is 5.53. The Morgan fingerprint density at radius 2 is 1.54 bits per heavy atom. The van der Waals surface area contributed by atoms with Crippen molar-refractivity contribution in [3.8, 4) is 0 Å². The SMILES string of the molecule is CCCNC(=O)c1ccccc1NC(=O)CN(c1ccccc1CC)S(=O)(=O)c1ccc(C)cc1. The van der Waals surface area contributed by atoms with Gasteiger partial charge in [-0.1, -0.05) is 61.9 Å². The molecule has 0 radical (unpaired) electrons. The molecular formula is C27H31N3O4S. The first-order valence-electron chi connectivity index (χ1n) is 11.6. The Kier molecular flexibility index (Phi) is 8.65. The van der Waals surface area contributed by atoms with Gasteiger partial charge in [0.25, 0.3) is 15.9 Å². The predicted octanol–water partition coefficient (Wildman–Crippen LogP) is 4.53. The molecule has 3 rings (SSSR count). The Hall–Kier alpha value is -3.65. The van der Waals surface area contributed by atoms with Crippen LogP contribution in [0.5, 0.6) is 0 Å². The van der Waals surface area contributed by atoms with Gasteiger partial charge in [0.05, 0.1) is 21.8 Å². The van der Waals surface area contributed by atoms with Crippen LogP contribution < -0.4 is 14.9 Å². The Balaban J connectivity index is 1.96. The highest BCUT2D eigenvalue weighted by molar-refractivity contribution is 7.92. The van der Waals surface area contributed by atoms with Crippen LogP contribution in [0.15, 0.2) is 77.7 Å². The molecule has 0 heterocycles. The van der Waals surface area contributed by atoms with E-state index in [1.807, 2.05) is 32.9 Å². The van der Waals surface area contributed by atoms with Crippen LogP contribution in [-0.2, 0) is 21.2 Å². The number of hydrogen-bond donors (Lipinski definition) is 2. The van der Waals surface area contributed by atoms with Crippen molar-refractivity contribution >= 4 is 33.2 Å². The van der Waals surface area contributed by atoms with Crippen LogP contribution in [0.25, 0.3) is 0 Å². The number of carbonyl (C=O) groups excluding carboxylic acids is 2. The maximum atomic E-state index is 13.7. The molecule has 0 saturated heterocycles. The van der Waals surface area contributed by atoms with Gasteiger partial charge in [0.1, 0.15) is 6.54 Å². The largest absolute Gasteiger partial charge is 0.352 e. The van der Waals surface area contributed by atoms with Crippen molar-refractivity contribution < 1.29 is 18.0 Å². The Labute approximate surface area is 207 Å². The van der Waals surface area contributed by atoms with E-state index < -0.39 is 22.5 Å². The first-order valence-corrected chi connectivity index (χ1v) is 13.1. The fraction of sp³-hybridized carbons (Fsp3) is 0.259. The zero-order valence-corrected chi connectivity index (χ0v) is 21.1. The van der Waals surface area contributed by atoms with E-state index in [1.165, 1.54) is 12.1 Å². The maximum Gasteiger partial charge on any atom is 0.264 e. The highest BCUT2D eigenvalue weighted by Crippen LogP contribution is 2.28. The summed E-state index contributed by atoms with van der Waals surface area (Å²) in [6.45, 7) is 5.82. The molecule has 0 aromatic heterocycles. The minimum atomic E-state index is -4.04. The number of benzene rings is 3. The number of aryl methyl sites for hydroxylation is 2. The van der Waals surface area contributed by atoms with Crippen LogP contribution in [0.1, 0.15) is 41.8 Å². The Morgan fingerprint density at radius 3 is 2.23 bits per heavy atom. The molecule has 2 amide bonds. The van der Waals surface area contributed by atoms with E-state index >= 15 is 0 Å². The van der Waals surface area contributed by atoms with Gasteiger partial charge >= 0.3 is 0 Å².